The van der Waals surface area contributed by atoms with Crippen LogP contribution < -0.4 is 0 Å². The lowest BCUT2D eigenvalue weighted by molar-refractivity contribution is -0.167. The first-order valence-electron chi connectivity index (χ1n) is 25.4. The van der Waals surface area contributed by atoms with Gasteiger partial charge in [0.15, 0.2) is 6.10 Å². The molecule has 13 atom stereocenters. The normalized spacial score (nSPS) is 31.6. The number of aliphatic hydroxyl groups excluding tert-OH is 8. The summed E-state index contributed by atoms with van der Waals surface area (Å²) in [5.74, 6) is -4.00. The van der Waals surface area contributed by atoms with Gasteiger partial charge in [0.1, 0.15) is 31.0 Å². The van der Waals surface area contributed by atoms with E-state index < -0.39 is 112 Å². The van der Waals surface area contributed by atoms with Crippen molar-refractivity contribution in [1.29, 1.82) is 0 Å². The fraction of sp³-hybridized carbons (Fsp3) is 0.878. The van der Waals surface area contributed by atoms with E-state index in [1.807, 2.05) is 6.92 Å². The summed E-state index contributed by atoms with van der Waals surface area (Å²) < 4.78 is 34.7. The maximum atomic E-state index is 13.5. The monoisotopic (exact) mass is 965 g/mol. The van der Waals surface area contributed by atoms with Crippen molar-refractivity contribution < 1.29 is 78.4 Å². The number of aliphatic hydroxyl groups is 8. The average molecular weight is 965 g/mol. The number of ether oxygens (including phenoxy) is 2. The van der Waals surface area contributed by atoms with Crippen molar-refractivity contribution in [2.24, 2.45) is 11.8 Å². The predicted molar refractivity (Wildman–Crippen MR) is 251 cm³/mol. The van der Waals surface area contributed by atoms with Gasteiger partial charge in [-0.15, -0.1) is 0 Å². The van der Waals surface area contributed by atoms with E-state index in [0.29, 0.717) is 25.7 Å². The molecule has 0 aromatic heterocycles. The fourth-order valence-corrected chi connectivity index (χ4v) is 9.61. The molecule has 0 aromatic carbocycles. The number of carbonyl (C=O) groups is 2. The molecule has 2 rings (SSSR count). The van der Waals surface area contributed by atoms with Crippen LogP contribution in [0.25, 0.3) is 0 Å². The van der Waals surface area contributed by atoms with Crippen LogP contribution in [0.1, 0.15) is 187 Å². The van der Waals surface area contributed by atoms with E-state index in [1.54, 1.807) is 12.2 Å². The summed E-state index contributed by atoms with van der Waals surface area (Å²) in [6, 6.07) is 0. The molecule has 16 nitrogen and oxygen atoms in total. The van der Waals surface area contributed by atoms with Crippen molar-refractivity contribution in [1.82, 2.24) is 0 Å². The van der Waals surface area contributed by atoms with Crippen LogP contribution in [0.3, 0.4) is 0 Å². The van der Waals surface area contributed by atoms with Gasteiger partial charge in [0.05, 0.1) is 37.1 Å². The maximum absolute atomic E-state index is 13.5. The maximum Gasteiger partial charge on any atom is 0.472 e. The molecule has 1 heterocycles. The Bertz CT molecular complexity index is 1380. The summed E-state index contributed by atoms with van der Waals surface area (Å²) in [4.78, 5) is 36.5. The molecule has 0 amide bonds. The van der Waals surface area contributed by atoms with Gasteiger partial charge in [0, 0.05) is 31.1 Å². The van der Waals surface area contributed by atoms with Crippen molar-refractivity contribution in [3.63, 3.8) is 0 Å². The lowest BCUT2D eigenvalue weighted by atomic mass is 9.83. The van der Waals surface area contributed by atoms with Crippen molar-refractivity contribution in [3.8, 4) is 0 Å². The summed E-state index contributed by atoms with van der Waals surface area (Å²) in [6.45, 7) is 2.86. The lowest BCUT2D eigenvalue weighted by Gasteiger charge is -2.37. The number of allylic oxidation sites excluding steroid dienone is 2. The summed E-state index contributed by atoms with van der Waals surface area (Å²) in [7, 11) is -5.43. The second kappa shape index (κ2) is 35.3. The van der Waals surface area contributed by atoms with Gasteiger partial charge in [-0.2, -0.15) is 0 Å². The van der Waals surface area contributed by atoms with Crippen LogP contribution in [0, 0.1) is 11.8 Å². The number of esters is 2. The van der Waals surface area contributed by atoms with Crippen LogP contribution in [0.4, 0.5) is 0 Å². The highest BCUT2D eigenvalue weighted by molar-refractivity contribution is 7.47. The minimum absolute atomic E-state index is 0.0958. The van der Waals surface area contributed by atoms with Gasteiger partial charge in [-0.3, -0.25) is 18.6 Å². The molecule has 1 unspecified atom stereocenters. The predicted octanol–water partition coefficient (Wildman–Crippen LogP) is 6.78. The molecule has 0 saturated heterocycles. The lowest BCUT2D eigenvalue weighted by Crippen LogP contribution is -2.55. The zero-order valence-corrected chi connectivity index (χ0v) is 41.0. The van der Waals surface area contributed by atoms with Crippen LogP contribution in [0.5, 0.6) is 0 Å². The van der Waals surface area contributed by atoms with E-state index in [-0.39, 0.29) is 25.7 Å². The number of cyclic esters (lactones) is 1. The zero-order valence-electron chi connectivity index (χ0n) is 40.1. The number of hydrogen-bond acceptors (Lipinski definition) is 15. The van der Waals surface area contributed by atoms with E-state index >= 15 is 0 Å². The third-order valence-electron chi connectivity index (χ3n) is 12.9. The first kappa shape index (κ1) is 60.3. The standard InChI is InChI=1S/C49H89O16P/c1-3-5-7-8-9-10-11-12-13-14-15-16-17-18-19-20-25-29-42(53)62-34-37-35-63-66(60,61)65-49-47(58)45(56)39(32-31-36(50)27-23-6-4-2)41(52)33-40(51)38(44(55)46(57)48(49)59)28-24-21-22-26-30-43(54)64-37/h21,24,31-32,36-41,44-52,55-59H,3-20,22-23,25-30,33-35H2,1-2H3,(H,60,61)/b24-21?,32-31+/t36-,37+,38-,39-,40-,41+,44+,45+,46-,47+,48+,49+/m0/s1. The largest absolute Gasteiger partial charge is 0.472 e. The molecule has 17 heteroatoms. The molecule has 386 valence electrons. The van der Waals surface area contributed by atoms with Crippen LogP contribution in [-0.2, 0) is 32.7 Å². The molecular formula is C49H89O16P. The van der Waals surface area contributed by atoms with Crippen LogP contribution in [0.2, 0.25) is 0 Å². The number of unbranched alkanes of at least 4 members (excludes halogenated alkanes) is 18. The Morgan fingerprint density at radius 2 is 1.29 bits per heavy atom. The Balaban J connectivity index is 2.07. The highest BCUT2D eigenvalue weighted by atomic mass is 31.2. The molecule has 9 N–H and O–H groups in total. The van der Waals surface area contributed by atoms with Gasteiger partial charge in [0.2, 0.25) is 0 Å². The molecule has 1 fully saturated rings. The topological polar surface area (TPSA) is 270 Å². The zero-order chi connectivity index (χ0) is 48.7. The summed E-state index contributed by atoms with van der Waals surface area (Å²) in [6.07, 6.45) is 10.0. The minimum Gasteiger partial charge on any atom is -0.462 e. The van der Waals surface area contributed by atoms with E-state index in [9.17, 15) is 59.9 Å². The van der Waals surface area contributed by atoms with Gasteiger partial charge in [-0.05, 0) is 32.1 Å². The Morgan fingerprint density at radius 1 is 0.742 bits per heavy atom. The van der Waals surface area contributed by atoms with Gasteiger partial charge in [-0.1, -0.05) is 160 Å². The highest BCUT2D eigenvalue weighted by Gasteiger charge is 2.49. The summed E-state index contributed by atoms with van der Waals surface area (Å²) in [5, 5.41) is 90.0. The van der Waals surface area contributed by atoms with E-state index in [2.05, 4.69) is 6.92 Å². The number of hydrogen-bond donors (Lipinski definition) is 9. The molecular weight excluding hydrogens is 875 g/mol. The van der Waals surface area contributed by atoms with Crippen molar-refractivity contribution in [2.45, 2.75) is 248 Å². The first-order chi connectivity index (χ1) is 31.6. The smallest absolute Gasteiger partial charge is 0.462 e. The van der Waals surface area contributed by atoms with Crippen LogP contribution in [-0.4, -0.2) is 132 Å². The first-order valence-corrected chi connectivity index (χ1v) is 26.9. The minimum atomic E-state index is -5.43. The number of phosphoric ester groups is 1. The van der Waals surface area contributed by atoms with Gasteiger partial charge in [0.25, 0.3) is 0 Å². The number of fused-ring (bicyclic) bond motifs is 4. The van der Waals surface area contributed by atoms with Gasteiger partial charge in [-0.25, -0.2) is 4.57 Å². The average Bonchev–Trinajstić information content (AvgIpc) is 3.28. The number of carbonyl (C=O) groups excluding carboxylic acids is 2. The second-order valence-electron chi connectivity index (χ2n) is 18.6. The third kappa shape index (κ3) is 25.2. The third-order valence-corrected chi connectivity index (χ3v) is 13.8. The molecule has 0 spiro atoms. The molecule has 1 aliphatic heterocycles. The molecule has 2 bridgehead atoms. The van der Waals surface area contributed by atoms with E-state index in [1.165, 1.54) is 89.2 Å². The molecule has 0 radical (unpaired) electrons. The Labute approximate surface area is 394 Å². The van der Waals surface area contributed by atoms with E-state index in [4.69, 9.17) is 18.5 Å². The number of phosphoric acid groups is 1. The summed E-state index contributed by atoms with van der Waals surface area (Å²) in [5.41, 5.74) is 0. The van der Waals surface area contributed by atoms with Crippen LogP contribution >= 0.6 is 7.82 Å². The van der Waals surface area contributed by atoms with Crippen LogP contribution in [0.15, 0.2) is 24.3 Å². The van der Waals surface area contributed by atoms with Crippen molar-refractivity contribution >= 4 is 19.8 Å². The SMILES string of the molecule is CCCCCCCCCCCCCCCCCCCC(=O)OC[C@@H]1COP(=O)(O)O[C@H]2[C@H](O)[C@@H](O)[C@H](O)[C@@H](CC=CCCCC(=O)O1)[C@@H](O)C[C@@H](O)[C@H](/C=C/[C@@H](O)CCCCC)[C@@H](O)[C@H]2O. The molecule has 1 aliphatic carbocycles. The van der Waals surface area contributed by atoms with Gasteiger partial charge >= 0.3 is 19.8 Å². The Kier molecular flexibility index (Phi) is 32.3. The van der Waals surface area contributed by atoms with Crippen molar-refractivity contribution in [3.05, 3.63) is 24.3 Å². The molecule has 0 aromatic rings. The fourth-order valence-electron chi connectivity index (χ4n) is 8.64. The highest BCUT2D eigenvalue weighted by Crippen LogP contribution is 2.47. The Hall–Kier alpha value is -1.79. The molecule has 2 aliphatic rings. The van der Waals surface area contributed by atoms with E-state index in [0.717, 1.165) is 38.5 Å². The summed E-state index contributed by atoms with van der Waals surface area (Å²) >= 11 is 0. The second-order valence-corrected chi connectivity index (χ2v) is 20.1. The quantitative estimate of drug-likeness (QED) is 0.0187. The Morgan fingerprint density at radius 3 is 1.88 bits per heavy atom. The van der Waals surface area contributed by atoms with Gasteiger partial charge < -0.3 is 55.2 Å². The molecule has 1 saturated carbocycles. The molecule has 66 heavy (non-hydrogen) atoms. The van der Waals surface area contributed by atoms with Crippen molar-refractivity contribution in [2.75, 3.05) is 13.2 Å². The number of rotatable bonds is 26.